The molecule has 0 spiro atoms. The number of rotatable bonds is 2. The second-order valence-corrected chi connectivity index (χ2v) is 4.64. The summed E-state index contributed by atoms with van der Waals surface area (Å²) in [5.41, 5.74) is 0.961. The molecule has 18 heavy (non-hydrogen) atoms. The van der Waals surface area contributed by atoms with Crippen LogP contribution in [-0.4, -0.2) is 19.3 Å². The van der Waals surface area contributed by atoms with Crippen molar-refractivity contribution in [3.8, 4) is 5.75 Å². The molecule has 0 amide bonds. The second kappa shape index (κ2) is 4.76. The van der Waals surface area contributed by atoms with Crippen molar-refractivity contribution in [1.82, 2.24) is 0 Å². The van der Waals surface area contributed by atoms with E-state index in [1.807, 2.05) is 42.5 Å². The van der Waals surface area contributed by atoms with Crippen LogP contribution in [0.5, 0.6) is 5.75 Å². The highest BCUT2D eigenvalue weighted by molar-refractivity contribution is 6.30. The molecule has 3 nitrogen and oxygen atoms in total. The van der Waals surface area contributed by atoms with E-state index < -0.39 is 0 Å². The van der Waals surface area contributed by atoms with Crippen LogP contribution in [-0.2, 0) is 9.47 Å². The fourth-order valence-electron chi connectivity index (χ4n) is 2.09. The fraction of sp³-hybridized carbons (Fsp3) is 0.286. The number of hydrogen-bond acceptors (Lipinski definition) is 3. The maximum Gasteiger partial charge on any atom is 0.185 e. The Morgan fingerprint density at radius 3 is 2.61 bits per heavy atom. The average Bonchev–Trinajstić information content (AvgIpc) is 2.84. The van der Waals surface area contributed by atoms with Gasteiger partial charge in [-0.25, -0.2) is 0 Å². The molecular weight excluding hydrogens is 252 g/mol. The Morgan fingerprint density at radius 2 is 1.94 bits per heavy atom. The Balaban J connectivity index is 1.79. The molecule has 0 saturated carbocycles. The molecule has 3 rings (SSSR count). The number of halogens is 1. The quantitative estimate of drug-likeness (QED) is 0.821. The van der Waals surface area contributed by atoms with Gasteiger partial charge in [-0.05, 0) is 18.2 Å². The highest BCUT2D eigenvalue weighted by Crippen LogP contribution is 2.38. The van der Waals surface area contributed by atoms with Gasteiger partial charge in [-0.1, -0.05) is 35.9 Å². The molecule has 1 heterocycles. The van der Waals surface area contributed by atoms with Crippen LogP contribution in [0.4, 0.5) is 0 Å². The first-order chi connectivity index (χ1) is 8.78. The van der Waals surface area contributed by atoms with Gasteiger partial charge in [0.2, 0.25) is 0 Å². The summed E-state index contributed by atoms with van der Waals surface area (Å²) in [6, 6.07) is 7.64. The Hall–Kier alpha value is -1.29. The molecule has 2 aliphatic rings. The molecule has 1 aliphatic heterocycles. The van der Waals surface area contributed by atoms with Crippen molar-refractivity contribution in [2.24, 2.45) is 0 Å². The van der Waals surface area contributed by atoms with Gasteiger partial charge in [0.15, 0.2) is 6.29 Å². The highest BCUT2D eigenvalue weighted by Gasteiger charge is 2.38. The predicted octanol–water partition coefficient (Wildman–Crippen LogP) is 3.17. The van der Waals surface area contributed by atoms with Crippen LogP contribution < -0.4 is 4.74 Å². The summed E-state index contributed by atoms with van der Waals surface area (Å²) in [6.07, 6.45) is 5.01. The Labute approximate surface area is 111 Å². The van der Waals surface area contributed by atoms with Crippen molar-refractivity contribution < 1.29 is 14.2 Å². The lowest BCUT2D eigenvalue weighted by molar-refractivity contribution is -0.0601. The molecule has 3 atom stereocenters. The van der Waals surface area contributed by atoms with Crippen LogP contribution in [0.3, 0.4) is 0 Å². The van der Waals surface area contributed by atoms with E-state index in [9.17, 15) is 0 Å². The van der Waals surface area contributed by atoms with Gasteiger partial charge in [-0.3, -0.25) is 0 Å². The van der Waals surface area contributed by atoms with Crippen molar-refractivity contribution in [3.63, 3.8) is 0 Å². The maximum absolute atomic E-state index is 6.10. The monoisotopic (exact) mass is 264 g/mol. The Kier molecular flexibility index (Phi) is 3.12. The van der Waals surface area contributed by atoms with E-state index in [1.165, 1.54) is 0 Å². The molecule has 1 fully saturated rings. The van der Waals surface area contributed by atoms with E-state index in [-0.39, 0.29) is 18.5 Å². The highest BCUT2D eigenvalue weighted by atomic mass is 35.5. The number of methoxy groups -OCH3 is 1. The lowest BCUT2D eigenvalue weighted by Crippen LogP contribution is -2.22. The van der Waals surface area contributed by atoms with Crippen LogP contribution in [0.15, 0.2) is 47.5 Å². The summed E-state index contributed by atoms with van der Waals surface area (Å²) in [7, 11) is 1.64. The molecule has 1 aliphatic carbocycles. The molecular formula is C14H13ClO3. The maximum atomic E-state index is 6.10. The number of fused-ring (bicyclic) bond motifs is 1. The van der Waals surface area contributed by atoms with Gasteiger partial charge < -0.3 is 14.2 Å². The van der Waals surface area contributed by atoms with Gasteiger partial charge in [0.1, 0.15) is 18.0 Å². The number of hydrogen-bond donors (Lipinski definition) is 0. The molecule has 1 aromatic rings. The molecule has 0 radical (unpaired) electrons. The number of allylic oxidation sites excluding steroid dienone is 2. The van der Waals surface area contributed by atoms with E-state index in [2.05, 4.69) is 0 Å². The first kappa shape index (κ1) is 11.8. The van der Waals surface area contributed by atoms with E-state index in [0.717, 1.165) is 11.3 Å². The van der Waals surface area contributed by atoms with Crippen molar-refractivity contribution in [2.75, 3.05) is 7.11 Å². The lowest BCUT2D eigenvalue weighted by Gasteiger charge is -2.14. The van der Waals surface area contributed by atoms with Crippen LogP contribution in [0.1, 0.15) is 11.9 Å². The third-order valence-corrected chi connectivity index (χ3v) is 3.41. The van der Waals surface area contributed by atoms with Crippen LogP contribution in [0, 0.1) is 0 Å². The van der Waals surface area contributed by atoms with E-state index in [0.29, 0.717) is 5.03 Å². The predicted molar refractivity (Wildman–Crippen MR) is 68.6 cm³/mol. The Morgan fingerprint density at radius 1 is 1.17 bits per heavy atom. The fourth-order valence-corrected chi connectivity index (χ4v) is 2.34. The SMILES string of the molecule is COc1ccc([C@H]2O[C@H]3C=CC=C(Cl)[C@H]3O2)cc1. The Bertz CT molecular complexity index is 492. The summed E-state index contributed by atoms with van der Waals surface area (Å²) in [4.78, 5) is 0. The average molecular weight is 265 g/mol. The topological polar surface area (TPSA) is 27.7 Å². The normalized spacial score (nSPS) is 29.9. The molecule has 0 aromatic heterocycles. The van der Waals surface area contributed by atoms with E-state index >= 15 is 0 Å². The van der Waals surface area contributed by atoms with Crippen LogP contribution >= 0.6 is 11.6 Å². The molecule has 1 saturated heterocycles. The molecule has 4 heteroatoms. The number of benzene rings is 1. The minimum Gasteiger partial charge on any atom is -0.497 e. The molecule has 1 aromatic carbocycles. The van der Waals surface area contributed by atoms with E-state index in [1.54, 1.807) is 7.11 Å². The van der Waals surface area contributed by atoms with Crippen LogP contribution in [0.2, 0.25) is 0 Å². The first-order valence-electron chi connectivity index (χ1n) is 5.76. The summed E-state index contributed by atoms with van der Waals surface area (Å²) < 4.78 is 16.8. The molecule has 0 bridgehead atoms. The summed E-state index contributed by atoms with van der Waals surface area (Å²) in [5, 5.41) is 0.679. The molecule has 94 valence electrons. The minimum absolute atomic E-state index is 0.102. The van der Waals surface area contributed by atoms with Crippen molar-refractivity contribution in [3.05, 3.63) is 53.1 Å². The van der Waals surface area contributed by atoms with Crippen molar-refractivity contribution in [2.45, 2.75) is 18.5 Å². The van der Waals surface area contributed by atoms with Gasteiger partial charge in [-0.2, -0.15) is 0 Å². The lowest BCUT2D eigenvalue weighted by atomic mass is 10.1. The zero-order chi connectivity index (χ0) is 12.5. The molecule has 0 N–H and O–H groups in total. The second-order valence-electron chi connectivity index (χ2n) is 4.20. The summed E-state index contributed by atoms with van der Waals surface area (Å²) >= 11 is 6.10. The van der Waals surface area contributed by atoms with Gasteiger partial charge >= 0.3 is 0 Å². The van der Waals surface area contributed by atoms with Gasteiger partial charge in [0, 0.05) is 10.6 Å². The zero-order valence-corrected chi connectivity index (χ0v) is 10.6. The summed E-state index contributed by atoms with van der Waals surface area (Å²) in [5.74, 6) is 0.812. The molecule has 0 unspecified atom stereocenters. The van der Waals surface area contributed by atoms with Crippen LogP contribution in [0.25, 0.3) is 0 Å². The summed E-state index contributed by atoms with van der Waals surface area (Å²) in [6.45, 7) is 0. The standard InChI is InChI=1S/C14H13ClO3/c1-16-10-7-5-9(6-8-10)14-17-12-4-2-3-11(15)13(12)18-14/h2-8,12-14H,1H3/t12-,13+,14-/m0/s1. The van der Waals surface area contributed by atoms with Gasteiger partial charge in [0.05, 0.1) is 7.11 Å². The third-order valence-electron chi connectivity index (χ3n) is 3.07. The van der Waals surface area contributed by atoms with E-state index in [4.69, 9.17) is 25.8 Å². The van der Waals surface area contributed by atoms with Gasteiger partial charge in [0.25, 0.3) is 0 Å². The van der Waals surface area contributed by atoms with Gasteiger partial charge in [-0.15, -0.1) is 0 Å². The first-order valence-corrected chi connectivity index (χ1v) is 6.14. The largest absolute Gasteiger partial charge is 0.497 e. The minimum atomic E-state index is -0.379. The smallest absolute Gasteiger partial charge is 0.185 e. The number of ether oxygens (including phenoxy) is 3. The zero-order valence-electron chi connectivity index (χ0n) is 9.88. The van der Waals surface area contributed by atoms with Crippen molar-refractivity contribution >= 4 is 11.6 Å². The van der Waals surface area contributed by atoms with Crippen molar-refractivity contribution in [1.29, 1.82) is 0 Å². The third kappa shape index (κ3) is 2.05.